The summed E-state index contributed by atoms with van der Waals surface area (Å²) in [7, 11) is -3.48. The summed E-state index contributed by atoms with van der Waals surface area (Å²) in [6.07, 6.45) is 2.73. The number of benzene rings is 1. The Morgan fingerprint density at radius 3 is 2.18 bits per heavy atom. The van der Waals surface area contributed by atoms with E-state index in [-0.39, 0.29) is 16.6 Å². The van der Waals surface area contributed by atoms with Crippen molar-refractivity contribution >= 4 is 15.6 Å². The van der Waals surface area contributed by atoms with E-state index in [9.17, 15) is 13.2 Å². The molecule has 3 nitrogen and oxygen atoms in total. The molecule has 2 saturated carbocycles. The maximum atomic E-state index is 12.5. The van der Waals surface area contributed by atoms with E-state index in [0.717, 1.165) is 12.8 Å². The molecule has 0 saturated heterocycles. The molecule has 0 radical (unpaired) electrons. The number of Topliss-reactive ketones (excluding diaryl/α,β-unsaturated/α-hetero) is 1. The summed E-state index contributed by atoms with van der Waals surface area (Å²) in [6.45, 7) is 0. The van der Waals surface area contributed by atoms with Crippen molar-refractivity contribution in [3.8, 4) is 0 Å². The number of carbonyl (C=O) groups is 1. The van der Waals surface area contributed by atoms with Gasteiger partial charge in [0.2, 0.25) is 0 Å². The molecule has 3 rings (SSSR count). The van der Waals surface area contributed by atoms with Crippen LogP contribution < -0.4 is 0 Å². The predicted octanol–water partition coefficient (Wildman–Crippen LogP) is 1.97. The quantitative estimate of drug-likeness (QED) is 0.821. The van der Waals surface area contributed by atoms with Crippen molar-refractivity contribution in [3.63, 3.8) is 0 Å². The molecule has 0 N–H and O–H groups in total. The van der Waals surface area contributed by atoms with Crippen LogP contribution >= 0.6 is 0 Å². The molecule has 0 heterocycles. The van der Waals surface area contributed by atoms with E-state index >= 15 is 0 Å². The van der Waals surface area contributed by atoms with Crippen LogP contribution in [0.15, 0.2) is 35.2 Å². The number of carbonyl (C=O) groups excluding carboxylic acids is 1. The molecule has 2 fully saturated rings. The van der Waals surface area contributed by atoms with E-state index in [0.29, 0.717) is 12.8 Å². The van der Waals surface area contributed by atoms with Gasteiger partial charge in [0.05, 0.1) is 4.90 Å². The van der Waals surface area contributed by atoms with Crippen LogP contribution in [0.1, 0.15) is 25.7 Å². The third kappa shape index (κ3) is 1.54. The molecule has 90 valence electrons. The summed E-state index contributed by atoms with van der Waals surface area (Å²) in [5.41, 5.74) is 0. The van der Waals surface area contributed by atoms with Crippen molar-refractivity contribution in [1.29, 1.82) is 0 Å². The van der Waals surface area contributed by atoms with E-state index in [1.165, 1.54) is 0 Å². The maximum Gasteiger partial charge on any atom is 0.191 e. The molecule has 0 bridgehead atoms. The lowest BCUT2D eigenvalue weighted by Gasteiger charge is -2.14. The van der Waals surface area contributed by atoms with E-state index in [4.69, 9.17) is 0 Å². The highest BCUT2D eigenvalue weighted by atomic mass is 32.2. The molecular weight excluding hydrogens is 236 g/mol. The van der Waals surface area contributed by atoms with Crippen molar-refractivity contribution in [3.05, 3.63) is 30.3 Å². The van der Waals surface area contributed by atoms with Crippen LogP contribution in [0.2, 0.25) is 0 Å². The minimum Gasteiger partial charge on any atom is -0.298 e. The number of rotatable bonds is 4. The van der Waals surface area contributed by atoms with Crippen LogP contribution in [0.5, 0.6) is 0 Å². The van der Waals surface area contributed by atoms with Gasteiger partial charge in [0.25, 0.3) is 0 Å². The van der Waals surface area contributed by atoms with Gasteiger partial charge in [-0.2, -0.15) is 0 Å². The minimum atomic E-state index is -3.48. The first-order valence-electron chi connectivity index (χ1n) is 5.92. The smallest absolute Gasteiger partial charge is 0.191 e. The molecule has 1 aromatic rings. The van der Waals surface area contributed by atoms with Crippen molar-refractivity contribution < 1.29 is 13.2 Å². The Hall–Kier alpha value is -1.16. The van der Waals surface area contributed by atoms with Crippen LogP contribution in [0.3, 0.4) is 0 Å². The first kappa shape index (κ1) is 11.0. The molecule has 0 aromatic heterocycles. The van der Waals surface area contributed by atoms with Crippen LogP contribution in [0.25, 0.3) is 0 Å². The van der Waals surface area contributed by atoms with E-state index < -0.39 is 14.6 Å². The molecule has 0 atom stereocenters. The van der Waals surface area contributed by atoms with Gasteiger partial charge in [-0.05, 0) is 37.8 Å². The van der Waals surface area contributed by atoms with E-state index in [1.807, 2.05) is 0 Å². The van der Waals surface area contributed by atoms with Gasteiger partial charge in [-0.25, -0.2) is 8.42 Å². The molecule has 0 amide bonds. The monoisotopic (exact) mass is 250 g/mol. The fourth-order valence-electron chi connectivity index (χ4n) is 2.30. The zero-order chi connectivity index (χ0) is 12.1. The zero-order valence-corrected chi connectivity index (χ0v) is 10.2. The fraction of sp³-hybridized carbons (Fsp3) is 0.462. The first-order chi connectivity index (χ1) is 8.08. The topological polar surface area (TPSA) is 51.2 Å². The predicted molar refractivity (Wildman–Crippen MR) is 63.3 cm³/mol. The number of hydrogen-bond donors (Lipinski definition) is 0. The average molecular weight is 250 g/mol. The Morgan fingerprint density at radius 1 is 1.12 bits per heavy atom. The standard InChI is InChI=1S/C13H14O3S/c14-12(10-6-7-10)13(8-9-13)17(15,16)11-4-2-1-3-5-11/h1-5,10H,6-9H2. The fourth-order valence-corrected chi connectivity index (χ4v) is 4.34. The second-order valence-corrected chi connectivity index (χ2v) is 7.21. The molecule has 0 aliphatic heterocycles. The SMILES string of the molecule is O=C(C1CC1)C1(S(=O)(=O)c2ccccc2)CC1. The highest BCUT2D eigenvalue weighted by Crippen LogP contribution is 2.52. The lowest BCUT2D eigenvalue weighted by molar-refractivity contribution is -0.120. The van der Waals surface area contributed by atoms with Gasteiger partial charge >= 0.3 is 0 Å². The second-order valence-electron chi connectivity index (χ2n) is 4.95. The van der Waals surface area contributed by atoms with Gasteiger partial charge in [0.15, 0.2) is 15.6 Å². The zero-order valence-electron chi connectivity index (χ0n) is 9.43. The van der Waals surface area contributed by atoms with Crippen molar-refractivity contribution in [2.24, 2.45) is 5.92 Å². The van der Waals surface area contributed by atoms with Crippen LogP contribution in [-0.4, -0.2) is 18.9 Å². The minimum absolute atomic E-state index is 0.0102. The Kier molecular flexibility index (Phi) is 2.20. The van der Waals surface area contributed by atoms with Gasteiger partial charge in [-0.15, -0.1) is 0 Å². The molecule has 0 unspecified atom stereocenters. The Labute approximate surface area is 101 Å². The Morgan fingerprint density at radius 2 is 1.71 bits per heavy atom. The van der Waals surface area contributed by atoms with Crippen molar-refractivity contribution in [2.75, 3.05) is 0 Å². The summed E-state index contributed by atoms with van der Waals surface area (Å²) in [5.74, 6) is -0.0302. The normalized spacial score (nSPS) is 22.1. The molecule has 2 aliphatic carbocycles. The molecule has 17 heavy (non-hydrogen) atoms. The summed E-state index contributed by atoms with van der Waals surface area (Å²) in [5, 5.41) is 0. The maximum absolute atomic E-state index is 12.5. The van der Waals surface area contributed by atoms with Gasteiger partial charge < -0.3 is 0 Å². The second kappa shape index (κ2) is 3.42. The lowest BCUT2D eigenvalue weighted by Crippen LogP contribution is -2.33. The lowest BCUT2D eigenvalue weighted by atomic mass is 10.2. The third-order valence-corrected chi connectivity index (χ3v) is 6.20. The number of hydrogen-bond acceptors (Lipinski definition) is 3. The average Bonchev–Trinajstić information content (AvgIpc) is 3.19. The van der Waals surface area contributed by atoms with Crippen molar-refractivity contribution in [2.45, 2.75) is 35.3 Å². The number of sulfone groups is 1. The van der Waals surface area contributed by atoms with Crippen LogP contribution in [0, 0.1) is 5.92 Å². The van der Waals surface area contributed by atoms with Gasteiger partial charge in [0, 0.05) is 5.92 Å². The summed E-state index contributed by atoms with van der Waals surface area (Å²) < 4.78 is 23.9. The molecular formula is C13H14O3S. The highest BCUT2D eigenvalue weighted by molar-refractivity contribution is 7.94. The summed E-state index contributed by atoms with van der Waals surface area (Å²) in [6, 6.07) is 8.33. The van der Waals surface area contributed by atoms with Crippen LogP contribution in [-0.2, 0) is 14.6 Å². The molecule has 4 heteroatoms. The largest absolute Gasteiger partial charge is 0.298 e. The number of ketones is 1. The molecule has 0 spiro atoms. The summed E-state index contributed by atoms with van der Waals surface area (Å²) >= 11 is 0. The molecule has 2 aliphatic rings. The molecule has 1 aromatic carbocycles. The van der Waals surface area contributed by atoms with E-state index in [2.05, 4.69) is 0 Å². The highest BCUT2D eigenvalue weighted by Gasteiger charge is 2.63. The van der Waals surface area contributed by atoms with Gasteiger partial charge in [-0.1, -0.05) is 18.2 Å². The Balaban J connectivity index is 2.01. The van der Waals surface area contributed by atoms with E-state index in [1.54, 1.807) is 30.3 Å². The third-order valence-electron chi connectivity index (χ3n) is 3.67. The van der Waals surface area contributed by atoms with Crippen LogP contribution in [0.4, 0.5) is 0 Å². The van der Waals surface area contributed by atoms with Gasteiger partial charge in [-0.3, -0.25) is 4.79 Å². The van der Waals surface area contributed by atoms with Crippen molar-refractivity contribution in [1.82, 2.24) is 0 Å². The first-order valence-corrected chi connectivity index (χ1v) is 7.40. The summed E-state index contributed by atoms with van der Waals surface area (Å²) in [4.78, 5) is 12.4. The Bertz CT molecular complexity index is 552. The van der Waals surface area contributed by atoms with Gasteiger partial charge in [0.1, 0.15) is 4.75 Å².